The van der Waals surface area contributed by atoms with Gasteiger partial charge in [-0.05, 0) is 60.1 Å². The number of rotatable bonds is 6. The average molecular weight is 338 g/mol. The molecule has 0 saturated heterocycles. The van der Waals surface area contributed by atoms with Crippen LogP contribution in [0, 0.1) is 0 Å². The maximum Gasteiger partial charge on any atom is 0.139 e. The molecule has 1 atom stereocenters. The van der Waals surface area contributed by atoms with E-state index in [1.807, 2.05) is 32.0 Å². The number of hydrogen-bond donors (Lipinski definition) is 1. The topological polar surface area (TPSA) is 34.4 Å². The first-order valence-electron chi connectivity index (χ1n) is 6.84. The first-order valence-corrected chi connectivity index (χ1v) is 7.64. The third-order valence-corrected chi connectivity index (χ3v) is 3.53. The second-order valence-corrected chi connectivity index (χ2v) is 5.72. The van der Waals surface area contributed by atoms with Crippen LogP contribution in [0.2, 0.25) is 0 Å². The maximum atomic E-state index is 5.76. The van der Waals surface area contributed by atoms with E-state index in [0.29, 0.717) is 0 Å². The van der Waals surface area contributed by atoms with Crippen molar-refractivity contribution in [3.05, 3.63) is 52.4 Å². The lowest BCUT2D eigenvalue weighted by Gasteiger charge is -2.18. The number of halogens is 1. The zero-order valence-electron chi connectivity index (χ0n) is 12.0. The van der Waals surface area contributed by atoms with Crippen LogP contribution in [-0.2, 0) is 0 Å². The molecule has 0 spiro atoms. The Morgan fingerprint density at radius 3 is 2.70 bits per heavy atom. The first-order chi connectivity index (χ1) is 9.61. The summed E-state index contributed by atoms with van der Waals surface area (Å²) in [5.41, 5.74) is 1.13. The molecule has 0 amide bonds. The lowest BCUT2D eigenvalue weighted by atomic mass is 10.0. The van der Waals surface area contributed by atoms with Crippen molar-refractivity contribution < 1.29 is 9.15 Å². The number of furan rings is 1. The summed E-state index contributed by atoms with van der Waals surface area (Å²) < 4.78 is 12.3. The maximum absolute atomic E-state index is 5.76. The van der Waals surface area contributed by atoms with Crippen molar-refractivity contribution in [2.75, 3.05) is 6.54 Å². The number of benzene rings is 1. The fourth-order valence-corrected chi connectivity index (χ4v) is 2.55. The Bertz CT molecular complexity index is 551. The Kier molecular flexibility index (Phi) is 5.26. The van der Waals surface area contributed by atoms with Gasteiger partial charge in [0.05, 0.1) is 22.9 Å². The van der Waals surface area contributed by atoms with Crippen LogP contribution in [0.25, 0.3) is 0 Å². The van der Waals surface area contributed by atoms with Gasteiger partial charge < -0.3 is 14.5 Å². The molecular formula is C16H20BrNO2. The number of ether oxygens (including phenoxy) is 1. The summed E-state index contributed by atoms with van der Waals surface area (Å²) in [4.78, 5) is 0. The molecule has 0 aliphatic carbocycles. The number of hydrogen-bond acceptors (Lipinski definition) is 3. The van der Waals surface area contributed by atoms with Crippen molar-refractivity contribution in [2.24, 2.45) is 0 Å². The Hall–Kier alpha value is -1.26. The summed E-state index contributed by atoms with van der Waals surface area (Å²) in [5.74, 6) is 1.76. The summed E-state index contributed by atoms with van der Waals surface area (Å²) in [6, 6.07) is 10.0. The van der Waals surface area contributed by atoms with Gasteiger partial charge >= 0.3 is 0 Å². The van der Waals surface area contributed by atoms with Crippen molar-refractivity contribution in [2.45, 2.75) is 32.9 Å². The van der Waals surface area contributed by atoms with Gasteiger partial charge in [-0.25, -0.2) is 0 Å². The molecule has 0 saturated carbocycles. The second-order valence-electron chi connectivity index (χ2n) is 4.86. The molecule has 0 aliphatic heterocycles. The van der Waals surface area contributed by atoms with Gasteiger partial charge in [-0.3, -0.25) is 0 Å². The van der Waals surface area contributed by atoms with Gasteiger partial charge in [0, 0.05) is 0 Å². The highest BCUT2D eigenvalue weighted by Gasteiger charge is 2.19. The van der Waals surface area contributed by atoms with Crippen LogP contribution in [0.1, 0.15) is 38.1 Å². The van der Waals surface area contributed by atoms with Gasteiger partial charge in [-0.2, -0.15) is 0 Å². The molecule has 1 aromatic carbocycles. The summed E-state index contributed by atoms with van der Waals surface area (Å²) in [7, 11) is 0. The van der Waals surface area contributed by atoms with Gasteiger partial charge in [0.25, 0.3) is 0 Å². The van der Waals surface area contributed by atoms with E-state index in [2.05, 4.69) is 40.3 Å². The Morgan fingerprint density at radius 2 is 2.10 bits per heavy atom. The zero-order valence-corrected chi connectivity index (χ0v) is 13.6. The van der Waals surface area contributed by atoms with Crippen LogP contribution in [0.4, 0.5) is 0 Å². The lowest BCUT2D eigenvalue weighted by molar-refractivity contribution is 0.242. The minimum Gasteiger partial charge on any atom is -0.491 e. The predicted molar refractivity (Wildman–Crippen MR) is 84.1 cm³/mol. The number of nitrogens with one attached hydrogen (secondary N) is 1. The van der Waals surface area contributed by atoms with Gasteiger partial charge in [0.1, 0.15) is 11.5 Å². The van der Waals surface area contributed by atoms with Crippen LogP contribution in [0.3, 0.4) is 0 Å². The van der Waals surface area contributed by atoms with Gasteiger partial charge in [-0.15, -0.1) is 0 Å². The second kappa shape index (κ2) is 6.95. The van der Waals surface area contributed by atoms with Gasteiger partial charge in [-0.1, -0.05) is 19.1 Å². The van der Waals surface area contributed by atoms with Crippen molar-refractivity contribution in [1.82, 2.24) is 5.32 Å². The van der Waals surface area contributed by atoms with E-state index < -0.39 is 0 Å². The first kappa shape index (κ1) is 15.1. The van der Waals surface area contributed by atoms with Gasteiger partial charge in [0.2, 0.25) is 0 Å². The van der Waals surface area contributed by atoms with Crippen LogP contribution < -0.4 is 10.1 Å². The Labute approximate surface area is 128 Å². The zero-order chi connectivity index (χ0) is 14.5. The molecule has 2 rings (SSSR count). The molecule has 0 aliphatic rings. The molecule has 1 aromatic heterocycles. The van der Waals surface area contributed by atoms with E-state index in [0.717, 1.165) is 28.1 Å². The third-order valence-electron chi connectivity index (χ3n) is 2.88. The fourth-order valence-electron chi connectivity index (χ4n) is 2.12. The van der Waals surface area contributed by atoms with Crippen LogP contribution in [0.5, 0.6) is 5.75 Å². The summed E-state index contributed by atoms with van der Waals surface area (Å²) in [6.45, 7) is 6.99. The molecule has 20 heavy (non-hydrogen) atoms. The van der Waals surface area contributed by atoms with Crippen molar-refractivity contribution in [3.8, 4) is 5.75 Å². The van der Waals surface area contributed by atoms with E-state index >= 15 is 0 Å². The standard InChI is InChI=1S/C16H20BrNO2/c1-4-18-15(16-14(17)8-9-19-16)12-6-5-7-13(10-12)20-11(2)3/h5-11,15,18H,4H2,1-3H3. The molecular weight excluding hydrogens is 318 g/mol. The highest BCUT2D eigenvalue weighted by molar-refractivity contribution is 9.10. The van der Waals surface area contributed by atoms with Gasteiger partial charge in [0.15, 0.2) is 0 Å². The van der Waals surface area contributed by atoms with E-state index in [9.17, 15) is 0 Å². The highest BCUT2D eigenvalue weighted by atomic mass is 79.9. The van der Waals surface area contributed by atoms with E-state index in [1.165, 1.54) is 0 Å². The average Bonchev–Trinajstić information content (AvgIpc) is 2.81. The fraction of sp³-hybridized carbons (Fsp3) is 0.375. The monoisotopic (exact) mass is 337 g/mol. The van der Waals surface area contributed by atoms with Crippen molar-refractivity contribution >= 4 is 15.9 Å². The molecule has 108 valence electrons. The third kappa shape index (κ3) is 3.64. The molecule has 1 N–H and O–H groups in total. The molecule has 2 aromatic rings. The molecule has 3 nitrogen and oxygen atoms in total. The minimum atomic E-state index is 0.0140. The Morgan fingerprint density at radius 1 is 1.30 bits per heavy atom. The van der Waals surface area contributed by atoms with E-state index in [-0.39, 0.29) is 12.1 Å². The normalized spacial score (nSPS) is 12.7. The SMILES string of the molecule is CCNC(c1cccc(OC(C)C)c1)c1occc1Br. The molecule has 0 fully saturated rings. The molecule has 0 radical (unpaired) electrons. The highest BCUT2D eigenvalue weighted by Crippen LogP contribution is 2.31. The van der Waals surface area contributed by atoms with Crippen LogP contribution in [0.15, 0.2) is 45.5 Å². The minimum absolute atomic E-state index is 0.0140. The van der Waals surface area contributed by atoms with Crippen LogP contribution >= 0.6 is 15.9 Å². The Balaban J connectivity index is 2.32. The molecule has 4 heteroatoms. The summed E-state index contributed by atoms with van der Waals surface area (Å²) in [5, 5.41) is 3.44. The van der Waals surface area contributed by atoms with E-state index in [1.54, 1.807) is 6.26 Å². The predicted octanol–water partition coefficient (Wildman–Crippen LogP) is 4.53. The van der Waals surface area contributed by atoms with Crippen molar-refractivity contribution in [1.29, 1.82) is 0 Å². The van der Waals surface area contributed by atoms with Crippen LogP contribution in [-0.4, -0.2) is 12.6 Å². The van der Waals surface area contributed by atoms with E-state index in [4.69, 9.17) is 9.15 Å². The summed E-state index contributed by atoms with van der Waals surface area (Å²) >= 11 is 3.53. The molecule has 0 bridgehead atoms. The quantitative estimate of drug-likeness (QED) is 0.840. The smallest absolute Gasteiger partial charge is 0.139 e. The molecule has 1 unspecified atom stereocenters. The van der Waals surface area contributed by atoms with Crippen molar-refractivity contribution in [3.63, 3.8) is 0 Å². The largest absolute Gasteiger partial charge is 0.491 e. The summed E-state index contributed by atoms with van der Waals surface area (Å²) in [6.07, 6.45) is 1.86. The molecule has 1 heterocycles. The lowest BCUT2D eigenvalue weighted by Crippen LogP contribution is -2.22.